The molecule has 2 heterocycles. The Morgan fingerprint density at radius 2 is 2.24 bits per heavy atom. The van der Waals surface area contributed by atoms with Crippen molar-refractivity contribution in [2.75, 3.05) is 18.5 Å². The van der Waals surface area contributed by atoms with Gasteiger partial charge in [0.1, 0.15) is 6.10 Å². The van der Waals surface area contributed by atoms with E-state index in [1.807, 2.05) is 0 Å². The van der Waals surface area contributed by atoms with Gasteiger partial charge in [-0.25, -0.2) is 4.98 Å². The Balaban J connectivity index is 1.57. The molecule has 1 saturated heterocycles. The lowest BCUT2D eigenvalue weighted by Gasteiger charge is -2.19. The molecule has 2 N–H and O–H groups in total. The second-order valence-electron chi connectivity index (χ2n) is 5.70. The maximum absolute atomic E-state index is 12.0. The van der Waals surface area contributed by atoms with Gasteiger partial charge in [0, 0.05) is 12.5 Å². The first-order chi connectivity index (χ1) is 10.2. The Morgan fingerprint density at radius 1 is 1.43 bits per heavy atom. The molecule has 0 radical (unpaired) electrons. The molecular formula is C15H20N2O4. The van der Waals surface area contributed by atoms with E-state index in [2.05, 4.69) is 10.3 Å². The van der Waals surface area contributed by atoms with E-state index < -0.39 is 11.5 Å². The molecule has 21 heavy (non-hydrogen) atoms. The number of aliphatic hydroxyl groups is 1. The van der Waals surface area contributed by atoms with Crippen molar-refractivity contribution < 1.29 is 19.4 Å². The summed E-state index contributed by atoms with van der Waals surface area (Å²) in [5.41, 5.74) is -0.891. The first kappa shape index (κ1) is 14.3. The summed E-state index contributed by atoms with van der Waals surface area (Å²) in [6, 6.07) is 3.47. The van der Waals surface area contributed by atoms with Crippen LogP contribution in [0.25, 0.3) is 0 Å². The molecule has 1 saturated carbocycles. The maximum atomic E-state index is 12.0. The molecule has 3 rings (SSSR count). The molecule has 6 nitrogen and oxygen atoms in total. The molecule has 2 aliphatic rings. The fraction of sp³-hybridized carbons (Fsp3) is 0.600. The van der Waals surface area contributed by atoms with Crippen molar-refractivity contribution >= 4 is 11.6 Å². The molecule has 114 valence electrons. The minimum absolute atomic E-state index is 0.0368. The molecule has 1 atom stereocenters. The van der Waals surface area contributed by atoms with Crippen LogP contribution < -0.4 is 10.1 Å². The van der Waals surface area contributed by atoms with Crippen molar-refractivity contribution in [2.24, 2.45) is 0 Å². The van der Waals surface area contributed by atoms with Crippen LogP contribution in [0.2, 0.25) is 0 Å². The molecule has 1 unspecified atom stereocenters. The monoisotopic (exact) mass is 292 g/mol. The zero-order valence-electron chi connectivity index (χ0n) is 11.9. The summed E-state index contributed by atoms with van der Waals surface area (Å²) in [6.45, 7) is 0.436. The van der Waals surface area contributed by atoms with Gasteiger partial charge in [-0.1, -0.05) is 0 Å². The van der Waals surface area contributed by atoms with Gasteiger partial charge in [-0.15, -0.1) is 0 Å². The number of carbonyl (C=O) groups excluding carboxylic acids is 1. The van der Waals surface area contributed by atoms with Gasteiger partial charge >= 0.3 is 0 Å². The molecule has 1 aliphatic heterocycles. The third-order valence-corrected chi connectivity index (χ3v) is 4.01. The number of hydrogen-bond donors (Lipinski definition) is 2. The summed E-state index contributed by atoms with van der Waals surface area (Å²) in [5, 5.41) is 12.7. The number of hydrogen-bond acceptors (Lipinski definition) is 5. The van der Waals surface area contributed by atoms with Gasteiger partial charge in [-0.3, -0.25) is 4.79 Å². The Hall–Kier alpha value is -1.66. The van der Waals surface area contributed by atoms with Crippen LogP contribution in [0.5, 0.6) is 5.88 Å². The molecule has 1 aromatic rings. The van der Waals surface area contributed by atoms with E-state index in [1.54, 1.807) is 18.3 Å². The largest absolute Gasteiger partial charge is 0.474 e. The molecule has 1 aromatic heterocycles. The van der Waals surface area contributed by atoms with E-state index in [9.17, 15) is 9.90 Å². The average Bonchev–Trinajstić information content (AvgIpc) is 3.13. The van der Waals surface area contributed by atoms with E-state index in [-0.39, 0.29) is 12.7 Å². The topological polar surface area (TPSA) is 80.7 Å². The number of carbonyl (C=O) groups is 1. The van der Waals surface area contributed by atoms with Crippen molar-refractivity contribution in [2.45, 2.75) is 43.8 Å². The lowest BCUT2D eigenvalue weighted by molar-refractivity contribution is -0.133. The summed E-state index contributed by atoms with van der Waals surface area (Å²) >= 11 is 0. The highest BCUT2D eigenvalue weighted by molar-refractivity contribution is 5.97. The number of anilines is 1. The zero-order valence-corrected chi connectivity index (χ0v) is 11.9. The Labute approximate surface area is 123 Å². The van der Waals surface area contributed by atoms with Crippen molar-refractivity contribution in [1.29, 1.82) is 0 Å². The molecular weight excluding hydrogens is 272 g/mol. The van der Waals surface area contributed by atoms with Gasteiger partial charge in [0.25, 0.3) is 5.91 Å². The second kappa shape index (κ2) is 5.99. The summed E-state index contributed by atoms with van der Waals surface area (Å²) in [7, 11) is 0. The predicted molar refractivity (Wildman–Crippen MR) is 76.1 cm³/mol. The molecule has 0 bridgehead atoms. The van der Waals surface area contributed by atoms with Crippen LogP contribution in [0, 0.1) is 0 Å². The molecule has 1 amide bonds. The lowest BCUT2D eigenvalue weighted by atomic mass is 10.0. The average molecular weight is 292 g/mol. The SMILES string of the molecule is O=C(Nc1ccc(OC2CCCC2)nc1)C1(O)CCOC1. The highest BCUT2D eigenvalue weighted by Gasteiger charge is 2.40. The van der Waals surface area contributed by atoms with Crippen LogP contribution >= 0.6 is 0 Å². The van der Waals surface area contributed by atoms with Gasteiger partial charge in [0.15, 0.2) is 5.60 Å². The van der Waals surface area contributed by atoms with E-state index in [1.165, 1.54) is 12.8 Å². The van der Waals surface area contributed by atoms with Crippen LogP contribution in [-0.4, -0.2) is 40.9 Å². The highest BCUT2D eigenvalue weighted by Crippen LogP contribution is 2.24. The lowest BCUT2D eigenvalue weighted by Crippen LogP contribution is -2.43. The zero-order chi connectivity index (χ0) is 14.7. The van der Waals surface area contributed by atoms with E-state index >= 15 is 0 Å². The van der Waals surface area contributed by atoms with E-state index in [0.29, 0.717) is 24.6 Å². The Morgan fingerprint density at radius 3 is 2.86 bits per heavy atom. The van der Waals surface area contributed by atoms with Crippen LogP contribution in [0.4, 0.5) is 5.69 Å². The summed E-state index contributed by atoms with van der Waals surface area (Å²) in [6.07, 6.45) is 6.69. The number of amides is 1. The van der Waals surface area contributed by atoms with Crippen LogP contribution in [0.3, 0.4) is 0 Å². The summed E-state index contributed by atoms with van der Waals surface area (Å²) in [5.74, 6) is 0.120. The number of nitrogens with zero attached hydrogens (tertiary/aromatic N) is 1. The third-order valence-electron chi connectivity index (χ3n) is 4.01. The van der Waals surface area contributed by atoms with Gasteiger partial charge in [0.2, 0.25) is 5.88 Å². The predicted octanol–water partition coefficient (Wildman–Crippen LogP) is 1.49. The Bertz CT molecular complexity index is 491. The van der Waals surface area contributed by atoms with Crippen molar-refractivity contribution in [3.05, 3.63) is 18.3 Å². The summed E-state index contributed by atoms with van der Waals surface area (Å²) < 4.78 is 10.8. The van der Waals surface area contributed by atoms with E-state index in [4.69, 9.17) is 9.47 Å². The first-order valence-corrected chi connectivity index (χ1v) is 7.40. The van der Waals surface area contributed by atoms with Crippen molar-refractivity contribution in [1.82, 2.24) is 4.98 Å². The van der Waals surface area contributed by atoms with Crippen molar-refractivity contribution in [3.8, 4) is 5.88 Å². The fourth-order valence-electron chi connectivity index (χ4n) is 2.68. The number of nitrogens with one attached hydrogen (secondary N) is 1. The number of rotatable bonds is 4. The Kier molecular flexibility index (Phi) is 4.07. The molecule has 1 aliphatic carbocycles. The molecule has 0 spiro atoms. The molecule has 6 heteroatoms. The third kappa shape index (κ3) is 3.33. The summed E-state index contributed by atoms with van der Waals surface area (Å²) in [4.78, 5) is 16.2. The van der Waals surface area contributed by atoms with Gasteiger partial charge in [0.05, 0.1) is 25.1 Å². The van der Waals surface area contributed by atoms with Gasteiger partial charge in [-0.2, -0.15) is 0 Å². The van der Waals surface area contributed by atoms with Crippen LogP contribution in [-0.2, 0) is 9.53 Å². The highest BCUT2D eigenvalue weighted by atomic mass is 16.5. The number of aromatic nitrogens is 1. The standard InChI is InChI=1S/C15H20N2O4/c18-14(15(19)7-8-20-10-15)17-11-5-6-13(16-9-11)21-12-3-1-2-4-12/h5-6,9,12,19H,1-4,7-8,10H2,(H,17,18). The minimum Gasteiger partial charge on any atom is -0.474 e. The fourth-order valence-corrected chi connectivity index (χ4v) is 2.68. The van der Waals surface area contributed by atoms with Gasteiger partial charge < -0.3 is 19.9 Å². The van der Waals surface area contributed by atoms with Crippen LogP contribution in [0.1, 0.15) is 32.1 Å². The van der Waals surface area contributed by atoms with Crippen molar-refractivity contribution in [3.63, 3.8) is 0 Å². The smallest absolute Gasteiger partial charge is 0.258 e. The number of ether oxygens (including phenoxy) is 2. The van der Waals surface area contributed by atoms with Crippen LogP contribution in [0.15, 0.2) is 18.3 Å². The normalized spacial score (nSPS) is 26.0. The molecule has 0 aromatic carbocycles. The second-order valence-corrected chi connectivity index (χ2v) is 5.70. The first-order valence-electron chi connectivity index (χ1n) is 7.40. The minimum atomic E-state index is -1.43. The molecule has 2 fully saturated rings. The van der Waals surface area contributed by atoms with Gasteiger partial charge in [-0.05, 0) is 31.7 Å². The maximum Gasteiger partial charge on any atom is 0.258 e. The quantitative estimate of drug-likeness (QED) is 0.879. The van der Waals surface area contributed by atoms with E-state index in [0.717, 1.165) is 12.8 Å². The number of pyridine rings is 1.